The average molecular weight is 2040 g/mol. The quantitative estimate of drug-likeness (QED) is 0.0432. The Morgan fingerprint density at radius 2 is 0.554 bits per heavy atom. The Bertz CT molecular complexity index is 7580. The molecule has 10 heterocycles. The normalized spacial score (nSPS) is 17.0. The first-order valence-electron chi connectivity index (χ1n) is 50.1. The number of halogens is 4. The number of hydrogen-bond acceptors (Lipinski definition) is 20. The Morgan fingerprint density at radius 3 is 0.878 bits per heavy atom. The number of nitrogens with zero attached hydrogens (tertiary/aromatic N) is 25. The van der Waals surface area contributed by atoms with Gasteiger partial charge in [0, 0.05) is 112 Å². The van der Waals surface area contributed by atoms with E-state index in [-0.39, 0.29) is 110 Å². The highest BCUT2D eigenvalue weighted by atomic mass is 35.5. The van der Waals surface area contributed by atoms with Crippen LogP contribution in [0.15, 0.2) is 188 Å². The summed E-state index contributed by atoms with van der Waals surface area (Å²) in [7, 11) is 7.51. The van der Waals surface area contributed by atoms with Gasteiger partial charge in [0.2, 0.25) is 29.5 Å². The maximum absolute atomic E-state index is 14.0. The Kier molecular flexibility index (Phi) is 27.2. The molecule has 39 heteroatoms. The van der Waals surface area contributed by atoms with E-state index in [9.17, 15) is 56.7 Å². The molecule has 5 aliphatic heterocycles. The first-order valence-corrected chi connectivity index (χ1v) is 50.8. The van der Waals surface area contributed by atoms with E-state index in [0.717, 1.165) is 171 Å². The Balaban J connectivity index is 0.000000108. The molecule has 15 aromatic rings. The fourth-order valence-corrected chi connectivity index (χ4v) is 20.0. The molecule has 5 aromatic heterocycles. The number of imide groups is 5. The van der Waals surface area contributed by atoms with Gasteiger partial charge in [-0.1, -0.05) is 209 Å². The van der Waals surface area contributed by atoms with Crippen molar-refractivity contribution in [2.24, 2.45) is 29.6 Å². The second kappa shape index (κ2) is 41.0. The van der Waals surface area contributed by atoms with Crippen LogP contribution in [0.5, 0.6) is 0 Å². The second-order valence-corrected chi connectivity index (χ2v) is 41.3. The standard InChI is InChI=1S/C24H27N5O2.C22H21F2N5O2.2C21H20ClN5O2.C21H21N5O2/c1-15(2)22-19(10-11-20-23(22)25-26-29(20)13-17-4-5-17)18-8-6-16(7-9-18)12-28-14-21(30)27(3)24(28)31;1-27-18(30)12-28(22(27)31)10-13-4-6-15(7-5-13)16-8-9-17-20(19(16)21(23)24)25-26-29(17)11-14-2-3-14;1-25-18(28)12-26(21(25)29)10-13-4-6-15(7-5-13)16-8-9-17-20(19(16)22)23-24-27(17)11-14-2-3-14;1-25-18(28)12-26(21(25)29)10-14-3-2-4-15(9-14)16-7-8-17-20(19(16)22)23-24-27(17)11-13-5-6-13;1-24-20(27)13-25(21(24)28)11-14-4-6-16(7-5-14)17-8-9-19-18(10-17)22-23-26(19)12-15-2-3-15/h6-11,15,17H,4-5,12-14H2,1-3H3;4-9,14,21H,2-3,10-12H2,1H3;4-9,14H,2-3,10-12H2,1H3;2-4,7-9,13H,5-6,10-12H2,1H3;4-10,15H,2-3,11-13H2,1H3. The van der Waals surface area contributed by atoms with Gasteiger partial charge in [-0.2, -0.15) is 0 Å². The molecule has 5 saturated carbocycles. The van der Waals surface area contributed by atoms with Gasteiger partial charge in [0.1, 0.15) is 60.3 Å². The van der Waals surface area contributed by atoms with Crippen molar-refractivity contribution in [3.63, 3.8) is 0 Å². The fraction of sp³-hybridized carbons (Fsp3) is 0.358. The molecule has 0 N–H and O–H groups in total. The van der Waals surface area contributed by atoms with Gasteiger partial charge in [-0.3, -0.25) is 48.5 Å². The summed E-state index contributed by atoms with van der Waals surface area (Å²) in [5.74, 6) is 2.86. The number of aromatic nitrogens is 15. The molecule has 0 unspecified atom stereocenters. The number of fused-ring (bicyclic) bond motifs is 5. The van der Waals surface area contributed by atoms with E-state index in [1.807, 2.05) is 123 Å². The van der Waals surface area contributed by atoms with Gasteiger partial charge in [-0.15, -0.1) is 25.5 Å². The molecule has 5 saturated heterocycles. The van der Waals surface area contributed by atoms with Gasteiger partial charge in [-0.05, 0) is 220 Å². The van der Waals surface area contributed by atoms with Crippen LogP contribution in [-0.4, -0.2) is 252 Å². The first kappa shape index (κ1) is 98.4. The molecule has 0 bridgehead atoms. The van der Waals surface area contributed by atoms with Crippen LogP contribution in [0, 0.1) is 29.6 Å². The average Bonchev–Trinajstić information content (AvgIpc) is 1.59. The number of carbonyl (C=O) groups excluding carboxylic acids is 10. The Labute approximate surface area is 859 Å². The lowest BCUT2D eigenvalue weighted by Gasteiger charge is -2.16. The third-order valence-corrected chi connectivity index (χ3v) is 29.9. The Hall–Kier alpha value is -15.7. The minimum absolute atomic E-state index is 0.0415. The molecular weight excluding hydrogens is 1930 g/mol. The van der Waals surface area contributed by atoms with Gasteiger partial charge in [0.05, 0.1) is 43.2 Å². The lowest BCUT2D eigenvalue weighted by molar-refractivity contribution is -0.125. The van der Waals surface area contributed by atoms with Crippen molar-refractivity contribution in [3.8, 4) is 55.6 Å². The molecule has 10 fully saturated rings. The zero-order chi connectivity index (χ0) is 103. The van der Waals surface area contributed by atoms with Gasteiger partial charge in [-0.25, -0.2) is 56.2 Å². The van der Waals surface area contributed by atoms with Crippen LogP contribution in [0.2, 0.25) is 10.0 Å². The van der Waals surface area contributed by atoms with E-state index in [2.05, 4.69) is 113 Å². The summed E-state index contributed by atoms with van der Waals surface area (Å²) in [6.45, 7) is 11.3. The zero-order valence-corrected chi connectivity index (χ0v) is 84.4. The van der Waals surface area contributed by atoms with E-state index in [1.165, 1.54) is 122 Å². The molecule has 10 aromatic carbocycles. The third-order valence-electron chi connectivity index (χ3n) is 29.1. The molecule has 35 nitrogen and oxygen atoms in total. The topological polar surface area (TPSA) is 357 Å². The molecule has 758 valence electrons. The van der Waals surface area contributed by atoms with Crippen LogP contribution < -0.4 is 0 Å². The van der Waals surface area contributed by atoms with Crippen LogP contribution in [0.4, 0.5) is 32.8 Å². The van der Waals surface area contributed by atoms with E-state index in [4.69, 9.17) is 23.2 Å². The van der Waals surface area contributed by atoms with E-state index >= 15 is 0 Å². The number of alkyl halides is 2. The number of benzene rings is 10. The molecule has 10 aliphatic rings. The number of rotatable bonds is 27. The van der Waals surface area contributed by atoms with E-state index in [0.29, 0.717) is 88.6 Å². The summed E-state index contributed by atoms with van der Waals surface area (Å²) in [6, 6.07) is 59.9. The maximum Gasteiger partial charge on any atom is 0.327 e. The van der Waals surface area contributed by atoms with Crippen molar-refractivity contribution in [2.75, 3.05) is 68.0 Å². The van der Waals surface area contributed by atoms with Crippen molar-refractivity contribution in [1.29, 1.82) is 0 Å². The van der Waals surface area contributed by atoms with Crippen LogP contribution in [0.25, 0.3) is 111 Å². The number of urea groups is 5. The number of amides is 15. The third kappa shape index (κ3) is 20.9. The fourth-order valence-electron chi connectivity index (χ4n) is 19.4. The molecule has 0 radical (unpaired) electrons. The minimum Gasteiger partial charge on any atom is -0.311 e. The van der Waals surface area contributed by atoms with E-state index < -0.39 is 6.43 Å². The summed E-state index contributed by atoms with van der Waals surface area (Å²) in [4.78, 5) is 132. The molecule has 5 aliphatic carbocycles. The van der Waals surface area contributed by atoms with Crippen LogP contribution in [-0.2, 0) is 89.4 Å². The zero-order valence-electron chi connectivity index (χ0n) is 82.9. The Morgan fingerprint density at radius 1 is 0.284 bits per heavy atom. The summed E-state index contributed by atoms with van der Waals surface area (Å²) >= 11 is 13.4. The van der Waals surface area contributed by atoms with Crippen LogP contribution in [0.3, 0.4) is 0 Å². The molecule has 148 heavy (non-hydrogen) atoms. The highest BCUT2D eigenvalue weighted by Gasteiger charge is 2.40. The van der Waals surface area contributed by atoms with Crippen LogP contribution in [0.1, 0.15) is 129 Å². The predicted octanol–water partition coefficient (Wildman–Crippen LogP) is 17.9. The summed E-state index contributed by atoms with van der Waals surface area (Å²) in [5, 5.41) is 44.1. The maximum atomic E-state index is 14.0. The summed E-state index contributed by atoms with van der Waals surface area (Å²) < 4.78 is 37.7. The number of likely N-dealkylation sites (N-methyl/N-ethyl adjacent to an activating group) is 5. The SMILES string of the molecule is CC(C)c1c(-c2ccc(CN3CC(=O)N(C)C3=O)cc2)ccc2c1nnn2CC1CC1.CN1C(=O)CN(Cc2ccc(-c3ccc4c(c3)nnn4CC3CC3)cc2)C1=O.CN1C(=O)CN(Cc2ccc(-c3ccc4c(nnn4CC4CC4)c3C(F)F)cc2)C1=O.CN1C(=O)CN(Cc2ccc(-c3ccc4c(nnn4CC4CC4)c3Cl)cc2)C1=O.CN1C(=O)CN(Cc2cccc(-c3ccc4c(nnn4CC4CC4)c3Cl)c2)C1=O. The summed E-state index contributed by atoms with van der Waals surface area (Å²) in [6.07, 6.45) is 9.77. The molecule has 25 rings (SSSR count). The van der Waals surface area contributed by atoms with Crippen molar-refractivity contribution < 1.29 is 56.7 Å². The highest BCUT2D eigenvalue weighted by Crippen LogP contribution is 2.44. The second-order valence-electron chi connectivity index (χ2n) is 40.6. The monoisotopic (exact) mass is 2040 g/mol. The minimum atomic E-state index is -2.69. The molecule has 0 spiro atoms. The van der Waals surface area contributed by atoms with E-state index in [1.54, 1.807) is 50.9 Å². The van der Waals surface area contributed by atoms with Gasteiger partial charge >= 0.3 is 30.2 Å². The van der Waals surface area contributed by atoms with Crippen molar-refractivity contribution in [1.82, 2.24) is 124 Å². The van der Waals surface area contributed by atoms with Gasteiger partial charge in [0.15, 0.2) is 0 Å². The molecular formula is C109H109Cl2F2N25O10. The lowest BCUT2D eigenvalue weighted by Crippen LogP contribution is -2.29. The number of carbonyl (C=O) groups is 10. The van der Waals surface area contributed by atoms with Crippen LogP contribution >= 0.6 is 23.2 Å². The smallest absolute Gasteiger partial charge is 0.311 e. The highest BCUT2D eigenvalue weighted by molar-refractivity contribution is 6.38. The summed E-state index contributed by atoms with van der Waals surface area (Å²) in [5.41, 5.74) is 23.3. The van der Waals surface area contributed by atoms with Gasteiger partial charge in [0.25, 0.3) is 6.43 Å². The first-order chi connectivity index (χ1) is 71.4. The van der Waals surface area contributed by atoms with Gasteiger partial charge < -0.3 is 24.5 Å². The molecule has 0 atom stereocenters. The van der Waals surface area contributed by atoms with Crippen molar-refractivity contribution in [2.45, 2.75) is 156 Å². The molecule has 15 amide bonds. The van der Waals surface area contributed by atoms with Crippen molar-refractivity contribution >= 4 is 138 Å². The largest absolute Gasteiger partial charge is 0.327 e. The number of hydrogen-bond donors (Lipinski definition) is 0. The van der Waals surface area contributed by atoms with Crippen molar-refractivity contribution in [3.05, 3.63) is 237 Å². The lowest BCUT2D eigenvalue weighted by atomic mass is 9.91. The predicted molar refractivity (Wildman–Crippen MR) is 550 cm³/mol.